The lowest BCUT2D eigenvalue weighted by Crippen LogP contribution is -2.66. The second-order valence-corrected chi connectivity index (χ2v) is 17.7. The summed E-state index contributed by atoms with van der Waals surface area (Å²) in [6.45, 7) is 7.72. The summed E-state index contributed by atoms with van der Waals surface area (Å²) < 4.78 is 13.3. The van der Waals surface area contributed by atoms with E-state index in [1.165, 1.54) is 10.4 Å². The number of ether oxygens (including phenoxy) is 1. The fourth-order valence-corrected chi connectivity index (χ4v) is 11.1. The Morgan fingerprint density at radius 3 is 1.98 bits per heavy atom. The number of alkyl halides is 1. The molecule has 1 aromatic heterocycles. The molecule has 0 bridgehead atoms. The van der Waals surface area contributed by atoms with Crippen molar-refractivity contribution < 1.29 is 9.16 Å². The van der Waals surface area contributed by atoms with Crippen molar-refractivity contribution in [2.75, 3.05) is 0 Å². The van der Waals surface area contributed by atoms with E-state index in [-0.39, 0.29) is 10.4 Å². The summed E-state index contributed by atoms with van der Waals surface area (Å²) in [6, 6.07) is 47.5. The normalized spacial score (nSPS) is 12.6. The van der Waals surface area contributed by atoms with Crippen LogP contribution in [0, 0.1) is 0 Å². The van der Waals surface area contributed by atoms with E-state index in [1.54, 1.807) is 0 Å². The SMILES string of the molecule is CC(C)(C)[Si](OCc1cccc(C(Cl)c2cccc(OCc3ccc4ccc(Cl)cc4n3)c2)c1)(c1ccccc1)c1ccccc1. The van der Waals surface area contributed by atoms with Crippen LogP contribution in [0.25, 0.3) is 10.9 Å². The van der Waals surface area contributed by atoms with Crippen LogP contribution in [0.4, 0.5) is 0 Å². The second-order valence-electron chi connectivity index (χ2n) is 12.6. The highest BCUT2D eigenvalue weighted by Gasteiger charge is 2.50. The van der Waals surface area contributed by atoms with Gasteiger partial charge in [0.2, 0.25) is 0 Å². The Kier molecular flexibility index (Phi) is 9.62. The molecule has 3 nitrogen and oxygen atoms in total. The van der Waals surface area contributed by atoms with Crippen molar-refractivity contribution in [3.8, 4) is 5.75 Å². The zero-order chi connectivity index (χ0) is 32.1. The molecular formula is C40H37Cl2NO2Si. The van der Waals surface area contributed by atoms with Crippen LogP contribution in [0.1, 0.15) is 48.5 Å². The summed E-state index contributed by atoms with van der Waals surface area (Å²) in [6.07, 6.45) is 0. The van der Waals surface area contributed by atoms with E-state index in [0.29, 0.717) is 18.2 Å². The van der Waals surface area contributed by atoms with Crippen molar-refractivity contribution >= 4 is 52.8 Å². The van der Waals surface area contributed by atoms with Gasteiger partial charge in [-0.05, 0) is 62.4 Å². The summed E-state index contributed by atoms with van der Waals surface area (Å²) in [5, 5.41) is 3.78. The van der Waals surface area contributed by atoms with Gasteiger partial charge in [0.05, 0.1) is 23.2 Å². The average Bonchev–Trinajstić information content (AvgIpc) is 3.07. The first-order chi connectivity index (χ1) is 22.2. The minimum Gasteiger partial charge on any atom is -0.487 e. The van der Waals surface area contributed by atoms with Crippen molar-refractivity contribution in [2.24, 2.45) is 0 Å². The van der Waals surface area contributed by atoms with Gasteiger partial charge >= 0.3 is 0 Å². The van der Waals surface area contributed by atoms with Crippen LogP contribution >= 0.6 is 23.2 Å². The molecule has 6 heteroatoms. The van der Waals surface area contributed by atoms with E-state index < -0.39 is 8.32 Å². The third kappa shape index (κ3) is 6.91. The zero-order valence-electron chi connectivity index (χ0n) is 26.3. The fourth-order valence-electron chi connectivity index (χ4n) is 6.12. The maximum Gasteiger partial charge on any atom is 0.261 e. The standard InChI is InChI=1S/C40H37Cl2NO2Si/c1-40(2,3)46(36-16-6-4-7-17-36,37-18-8-5-9-19-37)45-27-29-12-10-13-31(24-29)39(42)32-14-11-15-35(25-32)44-28-34-23-21-30-20-22-33(41)26-38(30)43-34/h4-26,39H,27-28H2,1-3H3. The quantitative estimate of drug-likeness (QED) is 0.108. The van der Waals surface area contributed by atoms with Gasteiger partial charge in [-0.1, -0.05) is 142 Å². The van der Waals surface area contributed by atoms with E-state index in [9.17, 15) is 0 Å². The van der Waals surface area contributed by atoms with Crippen molar-refractivity contribution in [3.05, 3.63) is 167 Å². The van der Waals surface area contributed by atoms with Crippen LogP contribution in [0.2, 0.25) is 10.1 Å². The Labute approximate surface area is 282 Å². The summed E-state index contributed by atoms with van der Waals surface area (Å²) in [5.74, 6) is 0.738. The number of hydrogen-bond acceptors (Lipinski definition) is 3. The Hall–Kier alpha value is -3.93. The molecule has 0 N–H and O–H groups in total. The Morgan fingerprint density at radius 2 is 1.30 bits per heavy atom. The molecule has 0 fully saturated rings. The molecule has 1 unspecified atom stereocenters. The predicted octanol–water partition coefficient (Wildman–Crippen LogP) is 9.87. The van der Waals surface area contributed by atoms with Crippen LogP contribution in [0.3, 0.4) is 0 Å². The number of aromatic nitrogens is 1. The number of pyridine rings is 1. The Balaban J connectivity index is 1.21. The summed E-state index contributed by atoms with van der Waals surface area (Å²) in [4.78, 5) is 4.71. The van der Waals surface area contributed by atoms with Crippen LogP contribution < -0.4 is 15.1 Å². The molecule has 0 amide bonds. The topological polar surface area (TPSA) is 31.4 Å². The Morgan fingerprint density at radius 1 is 0.674 bits per heavy atom. The molecular weight excluding hydrogens is 625 g/mol. The highest BCUT2D eigenvalue weighted by molar-refractivity contribution is 6.99. The van der Waals surface area contributed by atoms with Crippen molar-refractivity contribution in [2.45, 2.75) is 44.4 Å². The first-order valence-corrected chi connectivity index (χ1v) is 18.2. The van der Waals surface area contributed by atoms with Gasteiger partial charge < -0.3 is 9.16 Å². The average molecular weight is 663 g/mol. The van der Waals surface area contributed by atoms with E-state index >= 15 is 0 Å². The van der Waals surface area contributed by atoms with Crippen molar-refractivity contribution in [1.82, 2.24) is 4.98 Å². The lowest BCUT2D eigenvalue weighted by Gasteiger charge is -2.43. The number of rotatable bonds is 10. The fraction of sp³-hybridized carbons (Fsp3) is 0.175. The molecule has 6 rings (SSSR count). The lowest BCUT2D eigenvalue weighted by atomic mass is 10.0. The minimum atomic E-state index is -2.66. The van der Waals surface area contributed by atoms with Gasteiger partial charge in [-0.2, -0.15) is 0 Å². The summed E-state index contributed by atoms with van der Waals surface area (Å²) >= 11 is 13.3. The zero-order valence-corrected chi connectivity index (χ0v) is 28.8. The van der Waals surface area contributed by atoms with Gasteiger partial charge in [-0.3, -0.25) is 0 Å². The molecule has 1 heterocycles. The monoisotopic (exact) mass is 661 g/mol. The molecule has 5 aromatic carbocycles. The highest BCUT2D eigenvalue weighted by Crippen LogP contribution is 2.38. The molecule has 0 aliphatic heterocycles. The molecule has 232 valence electrons. The number of nitrogens with zero attached hydrogens (tertiary/aromatic N) is 1. The van der Waals surface area contributed by atoms with E-state index in [4.69, 9.17) is 37.3 Å². The second kappa shape index (κ2) is 13.8. The van der Waals surface area contributed by atoms with Gasteiger partial charge in [0, 0.05) is 10.4 Å². The van der Waals surface area contributed by atoms with Gasteiger partial charge in [-0.15, -0.1) is 11.6 Å². The van der Waals surface area contributed by atoms with Crippen molar-refractivity contribution in [3.63, 3.8) is 0 Å². The molecule has 0 radical (unpaired) electrons. The molecule has 0 aliphatic carbocycles. The number of fused-ring (bicyclic) bond motifs is 1. The summed E-state index contributed by atoms with van der Waals surface area (Å²) in [5.41, 5.74) is 4.74. The van der Waals surface area contributed by atoms with Crippen LogP contribution in [0.15, 0.2) is 140 Å². The molecule has 1 atom stereocenters. The van der Waals surface area contributed by atoms with Gasteiger partial charge in [0.25, 0.3) is 8.32 Å². The largest absolute Gasteiger partial charge is 0.487 e. The van der Waals surface area contributed by atoms with Gasteiger partial charge in [0.15, 0.2) is 0 Å². The molecule has 0 saturated heterocycles. The highest BCUT2D eigenvalue weighted by atomic mass is 35.5. The maximum atomic E-state index is 7.18. The first-order valence-electron chi connectivity index (χ1n) is 15.5. The van der Waals surface area contributed by atoms with Crippen LogP contribution in [-0.2, 0) is 17.6 Å². The van der Waals surface area contributed by atoms with Gasteiger partial charge in [0.1, 0.15) is 12.4 Å². The third-order valence-electron chi connectivity index (χ3n) is 8.37. The molecule has 46 heavy (non-hydrogen) atoms. The van der Waals surface area contributed by atoms with Crippen molar-refractivity contribution in [1.29, 1.82) is 0 Å². The number of hydrogen-bond donors (Lipinski definition) is 0. The van der Waals surface area contributed by atoms with Gasteiger partial charge in [-0.25, -0.2) is 4.98 Å². The minimum absolute atomic E-state index is 0.0990. The van der Waals surface area contributed by atoms with E-state index in [2.05, 4.69) is 106 Å². The molecule has 0 aliphatic rings. The van der Waals surface area contributed by atoms with Crippen LogP contribution in [0.5, 0.6) is 5.75 Å². The number of benzene rings is 5. The molecule has 6 aromatic rings. The third-order valence-corrected chi connectivity index (χ3v) is 14.1. The number of halogens is 2. The maximum absolute atomic E-state index is 7.18. The van der Waals surface area contributed by atoms with E-state index in [0.717, 1.165) is 39.0 Å². The first kappa shape index (κ1) is 32.0. The predicted molar refractivity (Wildman–Crippen MR) is 194 cm³/mol. The van der Waals surface area contributed by atoms with E-state index in [1.807, 2.05) is 54.6 Å². The lowest BCUT2D eigenvalue weighted by molar-refractivity contribution is 0.286. The van der Waals surface area contributed by atoms with Crippen LogP contribution in [-0.4, -0.2) is 13.3 Å². The Bertz CT molecular complexity index is 1890. The summed E-state index contributed by atoms with van der Waals surface area (Å²) in [7, 11) is -2.66. The molecule has 0 saturated carbocycles. The smallest absolute Gasteiger partial charge is 0.261 e. The molecule has 0 spiro atoms.